The summed E-state index contributed by atoms with van der Waals surface area (Å²) in [6, 6.07) is 0. The lowest BCUT2D eigenvalue weighted by molar-refractivity contribution is -0.366. The smallest absolute Gasteiger partial charge is 0.333 e. The van der Waals surface area contributed by atoms with Gasteiger partial charge < -0.3 is 69.3 Å². The first-order valence-electron chi connectivity index (χ1n) is 14.5. The van der Waals surface area contributed by atoms with E-state index in [0.29, 0.717) is 12.0 Å². The van der Waals surface area contributed by atoms with Crippen molar-refractivity contribution < 1.29 is 83.7 Å². The van der Waals surface area contributed by atoms with Crippen molar-refractivity contribution in [2.75, 3.05) is 20.3 Å². The number of hydrogen-bond acceptors (Lipinski definition) is 16. The summed E-state index contributed by atoms with van der Waals surface area (Å²) in [5.74, 6) is -2.94. The van der Waals surface area contributed by atoms with Crippen molar-refractivity contribution >= 4 is 17.9 Å². The zero-order chi connectivity index (χ0) is 35.0. The van der Waals surface area contributed by atoms with Crippen LogP contribution in [0, 0.1) is 0 Å². The number of allylic oxidation sites excluding steroid dienone is 1. The Hall–Kier alpha value is -2.55. The highest BCUT2D eigenvalue weighted by Crippen LogP contribution is 2.33. The fourth-order valence-corrected chi connectivity index (χ4v) is 4.86. The van der Waals surface area contributed by atoms with E-state index in [1.54, 1.807) is 19.9 Å². The first-order chi connectivity index (χ1) is 21.4. The topological polar surface area (TPSA) is 268 Å². The fraction of sp³-hybridized carbons (Fsp3) is 0.759. The molecule has 2 rings (SSSR count). The number of hydrogen-bond donors (Lipinski definition) is 8. The summed E-state index contributed by atoms with van der Waals surface area (Å²) < 4.78 is 32.7. The van der Waals surface area contributed by atoms with E-state index >= 15 is 0 Å². The SMILES string of the molecule is C=CC(C)(CCC=C(C)C(=O)OC)OC1OC(COC(=O)CC(C)(O)CC(=O)O)C(OC2OC(CO)C(O)C(O)C2O)C(O)C1O. The Balaban J connectivity index is 2.29. The van der Waals surface area contributed by atoms with Crippen molar-refractivity contribution in [3.05, 3.63) is 24.3 Å². The van der Waals surface area contributed by atoms with Gasteiger partial charge in [0.1, 0.15) is 55.4 Å². The van der Waals surface area contributed by atoms with Gasteiger partial charge in [-0.3, -0.25) is 9.59 Å². The summed E-state index contributed by atoms with van der Waals surface area (Å²) in [4.78, 5) is 35.2. The van der Waals surface area contributed by atoms with Gasteiger partial charge in [0.2, 0.25) is 0 Å². The minimum atomic E-state index is -1.96. The number of carboxylic acids is 1. The van der Waals surface area contributed by atoms with Crippen molar-refractivity contribution in [2.24, 2.45) is 0 Å². The van der Waals surface area contributed by atoms with Crippen molar-refractivity contribution in [1.82, 2.24) is 0 Å². The number of esters is 2. The molecule has 2 saturated heterocycles. The Morgan fingerprint density at radius 2 is 1.52 bits per heavy atom. The van der Waals surface area contributed by atoms with Crippen LogP contribution in [0.1, 0.15) is 46.5 Å². The zero-order valence-corrected chi connectivity index (χ0v) is 26.1. The van der Waals surface area contributed by atoms with Gasteiger partial charge in [-0.25, -0.2) is 4.79 Å². The fourth-order valence-electron chi connectivity index (χ4n) is 4.86. The van der Waals surface area contributed by atoms with Gasteiger partial charge in [-0.05, 0) is 33.6 Å². The highest BCUT2D eigenvalue weighted by atomic mass is 16.7. The largest absolute Gasteiger partial charge is 0.481 e. The molecule has 0 aromatic rings. The molecule has 0 aliphatic carbocycles. The second-order valence-electron chi connectivity index (χ2n) is 11.8. The average Bonchev–Trinajstić information content (AvgIpc) is 2.98. The van der Waals surface area contributed by atoms with Crippen LogP contribution in [0.5, 0.6) is 0 Å². The Kier molecular flexibility index (Phi) is 14.7. The first-order valence-corrected chi connectivity index (χ1v) is 14.5. The molecule has 2 aliphatic rings. The van der Waals surface area contributed by atoms with E-state index in [-0.39, 0.29) is 6.42 Å². The number of rotatable bonds is 16. The van der Waals surface area contributed by atoms with E-state index < -0.39 is 117 Å². The summed E-state index contributed by atoms with van der Waals surface area (Å²) in [7, 11) is 1.24. The molecule has 264 valence electrons. The van der Waals surface area contributed by atoms with Crippen LogP contribution in [0.4, 0.5) is 0 Å². The summed E-state index contributed by atoms with van der Waals surface area (Å²) in [5, 5.41) is 81.5. The molecular formula is C29H46O17. The molecular weight excluding hydrogens is 620 g/mol. The van der Waals surface area contributed by atoms with Gasteiger partial charge in [-0.1, -0.05) is 12.2 Å². The number of aliphatic carboxylic acids is 1. The zero-order valence-electron chi connectivity index (χ0n) is 26.1. The predicted octanol–water partition coefficient (Wildman–Crippen LogP) is -2.36. The maximum atomic E-state index is 12.5. The number of carbonyl (C=O) groups is 3. The van der Waals surface area contributed by atoms with Gasteiger partial charge in [0.15, 0.2) is 12.6 Å². The van der Waals surface area contributed by atoms with Crippen LogP contribution in [-0.4, -0.2) is 152 Å². The molecule has 17 nitrogen and oxygen atoms in total. The molecule has 0 saturated carbocycles. The maximum Gasteiger partial charge on any atom is 0.333 e. The highest BCUT2D eigenvalue weighted by molar-refractivity contribution is 5.87. The van der Waals surface area contributed by atoms with Gasteiger partial charge in [0.05, 0.1) is 37.8 Å². The lowest BCUT2D eigenvalue weighted by Gasteiger charge is -2.47. The van der Waals surface area contributed by atoms with Gasteiger partial charge in [0.25, 0.3) is 0 Å². The van der Waals surface area contributed by atoms with E-state index in [4.69, 9.17) is 28.8 Å². The van der Waals surface area contributed by atoms with Crippen LogP contribution < -0.4 is 0 Å². The van der Waals surface area contributed by atoms with Gasteiger partial charge in [-0.15, -0.1) is 6.58 Å². The van der Waals surface area contributed by atoms with Crippen LogP contribution in [-0.2, 0) is 42.8 Å². The summed E-state index contributed by atoms with van der Waals surface area (Å²) in [6.45, 7) is 6.54. The second-order valence-corrected chi connectivity index (χ2v) is 11.8. The molecule has 12 unspecified atom stereocenters. The number of carbonyl (C=O) groups excluding carboxylic acids is 2. The molecule has 2 aliphatic heterocycles. The molecule has 0 bridgehead atoms. The maximum absolute atomic E-state index is 12.5. The Labute approximate surface area is 265 Å². The van der Waals surface area contributed by atoms with E-state index in [0.717, 1.165) is 6.92 Å². The number of aliphatic hydroxyl groups excluding tert-OH is 6. The molecule has 0 radical (unpaired) electrons. The van der Waals surface area contributed by atoms with Gasteiger partial charge >= 0.3 is 17.9 Å². The molecule has 8 N–H and O–H groups in total. The monoisotopic (exact) mass is 666 g/mol. The molecule has 2 heterocycles. The van der Waals surface area contributed by atoms with E-state index in [1.807, 2.05) is 0 Å². The molecule has 0 spiro atoms. The Morgan fingerprint density at radius 1 is 0.913 bits per heavy atom. The average molecular weight is 667 g/mol. The lowest BCUT2D eigenvalue weighted by atomic mass is 9.95. The normalized spacial score (nSPS) is 34.5. The minimum absolute atomic E-state index is 0.219. The third-order valence-electron chi connectivity index (χ3n) is 7.66. The van der Waals surface area contributed by atoms with Crippen molar-refractivity contribution in [1.29, 1.82) is 0 Å². The molecule has 46 heavy (non-hydrogen) atoms. The van der Waals surface area contributed by atoms with E-state index in [1.165, 1.54) is 13.2 Å². The summed E-state index contributed by atoms with van der Waals surface area (Å²) in [6.07, 6.45) is -15.0. The minimum Gasteiger partial charge on any atom is -0.481 e. The van der Waals surface area contributed by atoms with Gasteiger partial charge in [0, 0.05) is 5.57 Å². The molecule has 2 fully saturated rings. The number of methoxy groups -OCH3 is 1. The number of carboxylic acid groups (broad SMARTS) is 1. The third-order valence-corrected chi connectivity index (χ3v) is 7.66. The van der Waals surface area contributed by atoms with E-state index in [9.17, 15) is 50.1 Å². The molecule has 0 aromatic carbocycles. The lowest BCUT2D eigenvalue weighted by Crippen LogP contribution is -2.65. The third kappa shape index (κ3) is 10.7. The standard InChI is InChI=1S/C29H46O17/c1-6-29(4,9-7-8-14(2)25(39)41-5)46-27-23(38)21(36)24(45-26-22(37)20(35)19(34)15(12-30)43-26)16(44-27)13-42-18(33)11-28(3,40)10-17(31)32/h6,8,15-16,19-24,26-27,30,34-38,40H,1,7,9-13H2,2-5H3,(H,31,32). The first kappa shape index (κ1) is 39.6. The number of aliphatic hydroxyl groups is 7. The number of ether oxygens (including phenoxy) is 6. The van der Waals surface area contributed by atoms with Crippen LogP contribution in [0.25, 0.3) is 0 Å². The van der Waals surface area contributed by atoms with Crippen molar-refractivity contribution in [2.45, 2.75) is 119 Å². The summed E-state index contributed by atoms with van der Waals surface area (Å²) >= 11 is 0. The molecule has 0 aromatic heterocycles. The molecule has 12 atom stereocenters. The van der Waals surface area contributed by atoms with Crippen LogP contribution in [0.2, 0.25) is 0 Å². The van der Waals surface area contributed by atoms with Crippen LogP contribution >= 0.6 is 0 Å². The quantitative estimate of drug-likeness (QED) is 0.0486. The highest BCUT2D eigenvalue weighted by Gasteiger charge is 2.52. The van der Waals surface area contributed by atoms with Crippen molar-refractivity contribution in [3.63, 3.8) is 0 Å². The summed E-state index contributed by atoms with van der Waals surface area (Å²) in [5.41, 5.74) is -2.83. The van der Waals surface area contributed by atoms with Crippen LogP contribution in [0.15, 0.2) is 24.3 Å². The van der Waals surface area contributed by atoms with Crippen LogP contribution in [0.3, 0.4) is 0 Å². The molecule has 17 heteroatoms. The Bertz CT molecular complexity index is 1080. The van der Waals surface area contributed by atoms with Gasteiger partial charge in [-0.2, -0.15) is 0 Å². The van der Waals surface area contributed by atoms with Crippen molar-refractivity contribution in [3.8, 4) is 0 Å². The van der Waals surface area contributed by atoms with E-state index in [2.05, 4.69) is 11.3 Å². The Morgan fingerprint density at radius 3 is 2.09 bits per heavy atom. The second kappa shape index (κ2) is 17.0. The predicted molar refractivity (Wildman–Crippen MR) is 152 cm³/mol. The molecule has 0 amide bonds.